The Labute approximate surface area is 164 Å². The second-order valence-corrected chi connectivity index (χ2v) is 8.23. The van der Waals surface area contributed by atoms with Gasteiger partial charge in [-0.25, -0.2) is 0 Å². The molecule has 136 valence electrons. The Kier molecular flexibility index (Phi) is 4.51. The first-order valence-corrected chi connectivity index (χ1v) is 10.7. The van der Waals surface area contributed by atoms with Gasteiger partial charge in [-0.05, 0) is 29.9 Å². The van der Waals surface area contributed by atoms with E-state index in [9.17, 15) is 0 Å². The lowest BCUT2D eigenvalue weighted by Gasteiger charge is -2.09. The van der Waals surface area contributed by atoms with E-state index in [0.29, 0.717) is 23.4 Å². The largest absolute Gasteiger partial charge is 0.334 e. The Morgan fingerprint density at radius 1 is 1.15 bits per heavy atom. The van der Waals surface area contributed by atoms with Gasteiger partial charge in [0.15, 0.2) is 11.0 Å². The zero-order valence-corrected chi connectivity index (χ0v) is 16.1. The molecule has 0 bridgehead atoms. The molecule has 1 saturated carbocycles. The molecule has 0 amide bonds. The highest BCUT2D eigenvalue weighted by atomic mass is 32.2. The van der Waals surface area contributed by atoms with Gasteiger partial charge in [0, 0.05) is 11.3 Å². The molecule has 27 heavy (non-hydrogen) atoms. The topological polar surface area (TPSA) is 69.6 Å². The summed E-state index contributed by atoms with van der Waals surface area (Å²) in [6.45, 7) is 0.786. The maximum atomic E-state index is 5.37. The minimum absolute atomic E-state index is 0.547. The molecule has 5 rings (SSSR count). The number of thiophene rings is 1. The molecule has 0 saturated heterocycles. The molecule has 1 fully saturated rings. The van der Waals surface area contributed by atoms with Gasteiger partial charge >= 0.3 is 0 Å². The average Bonchev–Trinajstić information content (AvgIpc) is 3.11. The van der Waals surface area contributed by atoms with E-state index in [0.717, 1.165) is 23.1 Å². The van der Waals surface area contributed by atoms with Crippen molar-refractivity contribution in [1.82, 2.24) is 24.9 Å². The van der Waals surface area contributed by atoms with Gasteiger partial charge in [-0.2, -0.15) is 16.3 Å². The van der Waals surface area contributed by atoms with Crippen molar-refractivity contribution in [3.05, 3.63) is 64.4 Å². The second kappa shape index (κ2) is 7.28. The molecule has 0 radical (unpaired) electrons. The van der Waals surface area contributed by atoms with Gasteiger partial charge in [0.25, 0.3) is 5.89 Å². The van der Waals surface area contributed by atoms with Crippen LogP contribution in [0, 0.1) is 0 Å². The van der Waals surface area contributed by atoms with Crippen LogP contribution in [0.25, 0.3) is 11.5 Å². The van der Waals surface area contributed by atoms with E-state index in [1.807, 2.05) is 22.9 Å². The highest BCUT2D eigenvalue weighted by Crippen LogP contribution is 2.40. The summed E-state index contributed by atoms with van der Waals surface area (Å²) >= 11 is 3.22. The normalized spacial score (nSPS) is 13.9. The third-order valence-corrected chi connectivity index (χ3v) is 6.08. The SMILES string of the molecule is c1ccc(Cn2c(SCc3noc(-c4ccsc4)n3)nnc2C2CC2)cc1. The van der Waals surface area contributed by atoms with E-state index < -0.39 is 0 Å². The van der Waals surface area contributed by atoms with Gasteiger partial charge < -0.3 is 9.09 Å². The molecule has 4 aromatic rings. The van der Waals surface area contributed by atoms with Crippen molar-refractivity contribution in [2.45, 2.75) is 36.2 Å². The van der Waals surface area contributed by atoms with Crippen molar-refractivity contribution < 1.29 is 4.52 Å². The number of benzene rings is 1. The Bertz CT molecular complexity index is 1020. The highest BCUT2D eigenvalue weighted by Gasteiger charge is 2.30. The number of thioether (sulfide) groups is 1. The van der Waals surface area contributed by atoms with Crippen LogP contribution >= 0.6 is 23.1 Å². The van der Waals surface area contributed by atoms with E-state index in [4.69, 9.17) is 4.52 Å². The van der Waals surface area contributed by atoms with Crippen molar-refractivity contribution in [2.24, 2.45) is 0 Å². The van der Waals surface area contributed by atoms with Crippen LogP contribution in [0.2, 0.25) is 0 Å². The standard InChI is InChI=1S/C19H17N5OS2/c1-2-4-13(5-3-1)10-24-17(14-6-7-14)21-22-19(24)27-12-16-20-18(25-23-16)15-8-9-26-11-15/h1-5,8-9,11,14H,6-7,10,12H2. The fourth-order valence-corrected chi connectivity index (χ4v) is 4.33. The number of aromatic nitrogens is 5. The Balaban J connectivity index is 1.34. The van der Waals surface area contributed by atoms with E-state index in [1.54, 1.807) is 23.1 Å². The zero-order chi connectivity index (χ0) is 18.1. The van der Waals surface area contributed by atoms with Crippen molar-refractivity contribution in [1.29, 1.82) is 0 Å². The van der Waals surface area contributed by atoms with Gasteiger partial charge in [0.1, 0.15) is 5.82 Å². The molecule has 0 N–H and O–H groups in total. The Morgan fingerprint density at radius 3 is 2.81 bits per heavy atom. The number of nitrogens with zero attached hydrogens (tertiary/aromatic N) is 5. The van der Waals surface area contributed by atoms with E-state index >= 15 is 0 Å². The van der Waals surface area contributed by atoms with Crippen LogP contribution in [-0.2, 0) is 12.3 Å². The first-order valence-electron chi connectivity index (χ1n) is 8.82. The van der Waals surface area contributed by atoms with Crippen molar-refractivity contribution >= 4 is 23.1 Å². The second-order valence-electron chi connectivity index (χ2n) is 6.50. The summed E-state index contributed by atoms with van der Waals surface area (Å²) in [4.78, 5) is 4.49. The summed E-state index contributed by atoms with van der Waals surface area (Å²) in [6, 6.07) is 12.4. The maximum Gasteiger partial charge on any atom is 0.258 e. The molecule has 1 aromatic carbocycles. The molecule has 1 aliphatic carbocycles. The maximum absolute atomic E-state index is 5.37. The monoisotopic (exact) mass is 395 g/mol. The summed E-state index contributed by atoms with van der Waals surface area (Å²) in [6.07, 6.45) is 2.40. The van der Waals surface area contributed by atoms with Crippen molar-refractivity contribution in [2.75, 3.05) is 0 Å². The molecule has 0 spiro atoms. The quantitative estimate of drug-likeness (QED) is 0.426. The highest BCUT2D eigenvalue weighted by molar-refractivity contribution is 7.98. The van der Waals surface area contributed by atoms with Gasteiger partial charge in [0.05, 0.1) is 17.9 Å². The molecule has 1 aliphatic rings. The van der Waals surface area contributed by atoms with Crippen LogP contribution in [-0.4, -0.2) is 24.9 Å². The van der Waals surface area contributed by atoms with Gasteiger partial charge in [-0.1, -0.05) is 47.3 Å². The van der Waals surface area contributed by atoms with Gasteiger partial charge in [0.2, 0.25) is 0 Å². The predicted octanol–water partition coefficient (Wildman–Crippen LogP) is 4.61. The molecule has 3 aromatic heterocycles. The van der Waals surface area contributed by atoms with Crippen LogP contribution in [0.15, 0.2) is 56.8 Å². The number of rotatable bonds is 7. The van der Waals surface area contributed by atoms with Crippen LogP contribution in [0.3, 0.4) is 0 Å². The lowest BCUT2D eigenvalue weighted by molar-refractivity contribution is 0.425. The third-order valence-electron chi connectivity index (χ3n) is 4.44. The summed E-state index contributed by atoms with van der Waals surface area (Å²) in [5.74, 6) is 3.48. The molecule has 0 aliphatic heterocycles. The Morgan fingerprint density at radius 2 is 2.04 bits per heavy atom. The lowest BCUT2D eigenvalue weighted by atomic mass is 10.2. The average molecular weight is 396 g/mol. The molecule has 0 atom stereocenters. The van der Waals surface area contributed by atoms with Crippen molar-refractivity contribution in [3.63, 3.8) is 0 Å². The minimum Gasteiger partial charge on any atom is -0.334 e. The van der Waals surface area contributed by atoms with Crippen LogP contribution in [0.4, 0.5) is 0 Å². The summed E-state index contributed by atoms with van der Waals surface area (Å²) < 4.78 is 7.60. The minimum atomic E-state index is 0.547. The molecule has 0 unspecified atom stereocenters. The smallest absolute Gasteiger partial charge is 0.258 e. The van der Waals surface area contributed by atoms with Crippen LogP contribution < -0.4 is 0 Å². The molecule has 6 nitrogen and oxygen atoms in total. The Hall–Kier alpha value is -2.45. The van der Waals surface area contributed by atoms with Crippen molar-refractivity contribution in [3.8, 4) is 11.5 Å². The molecular formula is C19H17N5OS2. The summed E-state index contributed by atoms with van der Waals surface area (Å²) in [5.41, 5.74) is 2.22. The first-order chi connectivity index (χ1) is 13.4. The summed E-state index contributed by atoms with van der Waals surface area (Å²) in [5, 5.41) is 17.9. The lowest BCUT2D eigenvalue weighted by Crippen LogP contribution is -2.06. The predicted molar refractivity (Wildman–Crippen MR) is 105 cm³/mol. The first kappa shape index (κ1) is 16.7. The summed E-state index contributed by atoms with van der Waals surface area (Å²) in [7, 11) is 0. The van der Waals surface area contributed by atoms with E-state index in [-0.39, 0.29) is 0 Å². The fourth-order valence-electron chi connectivity index (χ4n) is 2.91. The van der Waals surface area contributed by atoms with Gasteiger partial charge in [-0.3, -0.25) is 0 Å². The molecular weight excluding hydrogens is 378 g/mol. The van der Waals surface area contributed by atoms with E-state index in [1.165, 1.54) is 18.4 Å². The van der Waals surface area contributed by atoms with Crippen LogP contribution in [0.5, 0.6) is 0 Å². The number of hydrogen-bond donors (Lipinski definition) is 0. The van der Waals surface area contributed by atoms with E-state index in [2.05, 4.69) is 49.2 Å². The van der Waals surface area contributed by atoms with Crippen LogP contribution in [0.1, 0.15) is 36.0 Å². The zero-order valence-electron chi connectivity index (χ0n) is 14.5. The molecule has 8 heteroatoms. The van der Waals surface area contributed by atoms with Gasteiger partial charge in [-0.15, -0.1) is 10.2 Å². The fraction of sp³-hybridized carbons (Fsp3) is 0.263. The molecule has 3 heterocycles. The number of hydrogen-bond acceptors (Lipinski definition) is 7. The third kappa shape index (κ3) is 3.68.